The summed E-state index contributed by atoms with van der Waals surface area (Å²) >= 11 is 0. The molecule has 2 aromatic rings. The molecule has 1 saturated heterocycles. The van der Waals surface area contributed by atoms with Gasteiger partial charge in [0, 0.05) is 18.5 Å². The van der Waals surface area contributed by atoms with Gasteiger partial charge in [0.05, 0.1) is 11.4 Å². The molecule has 1 aromatic heterocycles. The van der Waals surface area contributed by atoms with Crippen molar-refractivity contribution in [3.8, 4) is 0 Å². The van der Waals surface area contributed by atoms with Crippen LogP contribution >= 0.6 is 12.4 Å². The Bertz CT molecular complexity index is 869. The average Bonchev–Trinajstić information content (AvgIpc) is 2.90. The van der Waals surface area contributed by atoms with E-state index in [-0.39, 0.29) is 23.2 Å². The minimum Gasteiger partial charge on any atom is -0.315 e. The van der Waals surface area contributed by atoms with Crippen LogP contribution in [0.2, 0.25) is 0 Å². The molecule has 1 fully saturated rings. The number of aromatic nitrogens is 2. The van der Waals surface area contributed by atoms with Gasteiger partial charge in [-0.05, 0) is 44.5 Å². The predicted octanol–water partition coefficient (Wildman–Crippen LogP) is 2.15. The highest BCUT2D eigenvalue weighted by Crippen LogP contribution is 2.28. The molecule has 1 aliphatic rings. The van der Waals surface area contributed by atoms with Crippen LogP contribution in [0.1, 0.15) is 29.3 Å². The third-order valence-electron chi connectivity index (χ3n) is 4.49. The Morgan fingerprint density at radius 2 is 1.96 bits per heavy atom. The Labute approximate surface area is 157 Å². The molecule has 0 spiro atoms. The molecule has 0 bridgehead atoms. The summed E-state index contributed by atoms with van der Waals surface area (Å²) in [6.07, 6.45) is 0.613. The number of sulfonamides is 1. The maximum atomic E-state index is 13.6. The quantitative estimate of drug-likeness (QED) is 0.726. The van der Waals surface area contributed by atoms with Crippen molar-refractivity contribution < 1.29 is 17.2 Å². The molecule has 2 heterocycles. The van der Waals surface area contributed by atoms with E-state index in [4.69, 9.17) is 0 Å². The summed E-state index contributed by atoms with van der Waals surface area (Å²) < 4.78 is 55.0. The lowest BCUT2D eigenvalue weighted by atomic mass is 9.86. The summed E-state index contributed by atoms with van der Waals surface area (Å²) in [5, 5.41) is 9.72. The molecule has 0 radical (unpaired) electrons. The number of H-pyrrole nitrogens is 1. The predicted molar refractivity (Wildman–Crippen MR) is 96.0 cm³/mol. The van der Waals surface area contributed by atoms with Crippen LogP contribution < -0.4 is 10.0 Å². The lowest BCUT2D eigenvalue weighted by Gasteiger charge is -2.33. The number of hydrogen-bond acceptors (Lipinski definition) is 4. The zero-order valence-electron chi connectivity index (χ0n) is 14.3. The smallest absolute Gasteiger partial charge is 0.244 e. The van der Waals surface area contributed by atoms with Gasteiger partial charge in [0.1, 0.15) is 4.90 Å². The average molecular weight is 407 g/mol. The molecule has 1 aromatic carbocycles. The molecule has 26 heavy (non-hydrogen) atoms. The van der Waals surface area contributed by atoms with Gasteiger partial charge in [-0.1, -0.05) is 6.07 Å². The third-order valence-corrected chi connectivity index (χ3v) is 6.24. The Morgan fingerprint density at radius 3 is 2.58 bits per heavy atom. The molecule has 2 atom stereocenters. The highest BCUT2D eigenvalue weighted by molar-refractivity contribution is 7.89. The van der Waals surface area contributed by atoms with E-state index in [1.165, 1.54) is 6.07 Å². The number of benzene rings is 1. The van der Waals surface area contributed by atoms with Gasteiger partial charge >= 0.3 is 0 Å². The van der Waals surface area contributed by atoms with Gasteiger partial charge in [0.2, 0.25) is 10.0 Å². The van der Waals surface area contributed by atoms with Crippen molar-refractivity contribution in [2.45, 2.75) is 37.1 Å². The summed E-state index contributed by atoms with van der Waals surface area (Å²) in [4.78, 5) is 0.127. The molecule has 0 saturated carbocycles. The Morgan fingerprint density at radius 1 is 1.23 bits per heavy atom. The largest absolute Gasteiger partial charge is 0.315 e. The molecule has 3 N–H and O–H groups in total. The Kier molecular flexibility index (Phi) is 6.38. The highest BCUT2D eigenvalue weighted by Gasteiger charge is 2.32. The van der Waals surface area contributed by atoms with Gasteiger partial charge in [-0.25, -0.2) is 21.9 Å². The molecule has 0 aliphatic carbocycles. The first-order valence-electron chi connectivity index (χ1n) is 7.99. The van der Waals surface area contributed by atoms with Gasteiger partial charge in [-0.15, -0.1) is 12.4 Å². The van der Waals surface area contributed by atoms with Crippen molar-refractivity contribution >= 4 is 22.4 Å². The fourth-order valence-corrected chi connectivity index (χ4v) is 4.97. The number of nitrogens with zero attached hydrogens (tertiary/aromatic N) is 1. The van der Waals surface area contributed by atoms with E-state index in [2.05, 4.69) is 20.2 Å². The summed E-state index contributed by atoms with van der Waals surface area (Å²) in [6.45, 7) is 4.33. The van der Waals surface area contributed by atoms with Crippen molar-refractivity contribution in [1.82, 2.24) is 20.2 Å². The number of hydrogen-bond donors (Lipinski definition) is 3. The monoisotopic (exact) mass is 406 g/mol. The van der Waals surface area contributed by atoms with Crippen LogP contribution in [-0.2, 0) is 10.0 Å². The van der Waals surface area contributed by atoms with Crippen molar-refractivity contribution in [2.24, 2.45) is 0 Å². The van der Waals surface area contributed by atoms with Crippen molar-refractivity contribution in [3.63, 3.8) is 0 Å². The first-order chi connectivity index (χ1) is 11.8. The third kappa shape index (κ3) is 4.06. The zero-order valence-corrected chi connectivity index (χ0v) is 16.0. The van der Waals surface area contributed by atoms with Crippen LogP contribution in [0.5, 0.6) is 0 Å². The fourth-order valence-electron chi connectivity index (χ4n) is 3.32. The second-order valence-corrected chi connectivity index (χ2v) is 7.91. The van der Waals surface area contributed by atoms with Gasteiger partial charge in [-0.2, -0.15) is 5.10 Å². The maximum Gasteiger partial charge on any atom is 0.244 e. The normalized spacial score (nSPS) is 20.6. The van der Waals surface area contributed by atoms with Gasteiger partial charge in [0.25, 0.3) is 0 Å². The summed E-state index contributed by atoms with van der Waals surface area (Å²) in [6, 6.07) is 3.24. The lowest BCUT2D eigenvalue weighted by molar-refractivity contribution is 0.376. The minimum absolute atomic E-state index is 0. The second-order valence-electron chi connectivity index (χ2n) is 6.26. The molecule has 2 unspecified atom stereocenters. The number of halogens is 3. The maximum absolute atomic E-state index is 13.6. The van der Waals surface area contributed by atoms with E-state index in [1.54, 1.807) is 13.8 Å². The molecule has 3 rings (SSSR count). The second kappa shape index (κ2) is 7.99. The Hall–Kier alpha value is -1.55. The van der Waals surface area contributed by atoms with E-state index in [1.807, 2.05) is 0 Å². The van der Waals surface area contributed by atoms with Gasteiger partial charge in [0.15, 0.2) is 11.6 Å². The Balaban J connectivity index is 0.00000243. The van der Waals surface area contributed by atoms with E-state index in [0.29, 0.717) is 36.5 Å². The summed E-state index contributed by atoms with van der Waals surface area (Å²) in [7, 11) is -3.79. The van der Waals surface area contributed by atoms with E-state index in [0.717, 1.165) is 12.1 Å². The number of aromatic amines is 1. The summed E-state index contributed by atoms with van der Waals surface area (Å²) in [5.74, 6) is -2.10. The lowest BCUT2D eigenvalue weighted by Crippen LogP contribution is -2.50. The van der Waals surface area contributed by atoms with Gasteiger partial charge in [-0.3, -0.25) is 5.10 Å². The number of rotatable bonds is 4. The standard InChI is InChI=1S/C16H20F2N4O2S.ClH/c1-9-16(10(2)21-20-9)25(23,24)22-15-8-19-6-5-12(15)11-3-4-13(17)14(18)7-11;/h3-4,7,12,15,19,22H,5-6,8H2,1-2H3,(H,20,21);1H. The van der Waals surface area contributed by atoms with Crippen molar-refractivity contribution in [2.75, 3.05) is 13.1 Å². The molecule has 1 aliphatic heterocycles. The van der Waals surface area contributed by atoms with Crippen molar-refractivity contribution in [1.29, 1.82) is 0 Å². The topological polar surface area (TPSA) is 86.9 Å². The van der Waals surface area contributed by atoms with E-state index >= 15 is 0 Å². The highest BCUT2D eigenvalue weighted by atomic mass is 35.5. The zero-order chi connectivity index (χ0) is 18.2. The van der Waals surface area contributed by atoms with Crippen molar-refractivity contribution in [3.05, 3.63) is 46.8 Å². The van der Waals surface area contributed by atoms with Crippen LogP contribution in [-0.4, -0.2) is 37.7 Å². The van der Waals surface area contributed by atoms with Crippen LogP contribution in [0.15, 0.2) is 23.1 Å². The number of aryl methyl sites for hydroxylation is 2. The SMILES string of the molecule is Cc1n[nH]c(C)c1S(=O)(=O)NC1CNCCC1c1ccc(F)c(F)c1.Cl. The molecule has 0 amide bonds. The minimum atomic E-state index is -3.79. The van der Waals surface area contributed by atoms with Crippen LogP contribution in [0.4, 0.5) is 8.78 Å². The number of piperidine rings is 1. The number of nitrogens with one attached hydrogen (secondary N) is 3. The van der Waals surface area contributed by atoms with E-state index in [9.17, 15) is 17.2 Å². The van der Waals surface area contributed by atoms with Crippen LogP contribution in [0.25, 0.3) is 0 Å². The fraction of sp³-hybridized carbons (Fsp3) is 0.438. The first-order valence-corrected chi connectivity index (χ1v) is 9.47. The molecule has 6 nitrogen and oxygen atoms in total. The summed E-state index contributed by atoms with van der Waals surface area (Å²) in [5.41, 5.74) is 1.42. The first kappa shape index (κ1) is 20.8. The molecular formula is C16H21ClF2N4O2S. The molecular weight excluding hydrogens is 386 g/mol. The van der Waals surface area contributed by atoms with E-state index < -0.39 is 27.7 Å². The molecule has 144 valence electrons. The molecule has 10 heteroatoms. The van der Waals surface area contributed by atoms with Crippen LogP contribution in [0, 0.1) is 25.5 Å². The van der Waals surface area contributed by atoms with Crippen LogP contribution in [0.3, 0.4) is 0 Å². The van der Waals surface area contributed by atoms with Gasteiger partial charge < -0.3 is 5.32 Å².